The van der Waals surface area contributed by atoms with E-state index in [9.17, 15) is 14.9 Å². The van der Waals surface area contributed by atoms with E-state index in [4.69, 9.17) is 0 Å². The number of nitro benzene ring substituents is 1. The number of aryl methyl sites for hydroxylation is 1. The van der Waals surface area contributed by atoms with Gasteiger partial charge in [-0.25, -0.2) is 9.67 Å². The van der Waals surface area contributed by atoms with Gasteiger partial charge in [0.05, 0.1) is 9.82 Å². The Labute approximate surface area is 112 Å². The van der Waals surface area contributed by atoms with Gasteiger partial charge in [0.25, 0.3) is 5.69 Å². The van der Waals surface area contributed by atoms with Gasteiger partial charge in [0.2, 0.25) is 0 Å². The quantitative estimate of drug-likeness (QED) is 0.483. The lowest BCUT2D eigenvalue weighted by Gasteiger charge is -2.03. The van der Waals surface area contributed by atoms with Gasteiger partial charge in [-0.1, -0.05) is 0 Å². The summed E-state index contributed by atoms with van der Waals surface area (Å²) in [5.41, 5.74) is 0.203. The smallest absolute Gasteiger partial charge is 0.284 e. The minimum Gasteiger partial charge on any atom is -0.295 e. The van der Waals surface area contributed by atoms with Gasteiger partial charge in [0.1, 0.15) is 6.33 Å². The second-order valence-electron chi connectivity index (χ2n) is 3.76. The van der Waals surface area contributed by atoms with Crippen molar-refractivity contribution in [2.45, 2.75) is 17.0 Å². The Morgan fingerprint density at radius 3 is 2.74 bits per heavy atom. The van der Waals surface area contributed by atoms with Crippen LogP contribution in [0.15, 0.2) is 34.6 Å². The standard InChI is InChI=1S/C11H10N4O3S/c1-7(16)8-3-4-10(9(5-8)15(17)18)19-11-12-6-13-14(11)2/h3-6H,1-2H3. The molecule has 0 amide bonds. The van der Waals surface area contributed by atoms with Gasteiger partial charge in [-0.05, 0) is 30.8 Å². The van der Waals surface area contributed by atoms with Crippen LogP contribution in [-0.2, 0) is 7.05 Å². The molecule has 0 N–H and O–H groups in total. The minimum atomic E-state index is -0.509. The van der Waals surface area contributed by atoms with E-state index in [1.807, 2.05) is 0 Å². The van der Waals surface area contributed by atoms with Gasteiger partial charge in [0.15, 0.2) is 10.9 Å². The van der Waals surface area contributed by atoms with Gasteiger partial charge in [0, 0.05) is 18.7 Å². The monoisotopic (exact) mass is 278 g/mol. The van der Waals surface area contributed by atoms with Crippen LogP contribution >= 0.6 is 11.8 Å². The lowest BCUT2D eigenvalue weighted by Crippen LogP contribution is -1.98. The van der Waals surface area contributed by atoms with E-state index in [0.717, 1.165) is 11.8 Å². The molecule has 1 heterocycles. The average Bonchev–Trinajstić information content (AvgIpc) is 2.75. The highest BCUT2D eigenvalue weighted by molar-refractivity contribution is 7.99. The molecule has 0 saturated heterocycles. The molecule has 0 aliphatic carbocycles. The van der Waals surface area contributed by atoms with Crippen molar-refractivity contribution in [1.82, 2.24) is 14.8 Å². The molecule has 19 heavy (non-hydrogen) atoms. The third-order valence-corrected chi connectivity index (χ3v) is 3.55. The van der Waals surface area contributed by atoms with Crippen molar-refractivity contribution in [1.29, 1.82) is 0 Å². The van der Waals surface area contributed by atoms with Crippen LogP contribution in [0, 0.1) is 10.1 Å². The van der Waals surface area contributed by atoms with Gasteiger partial charge in [-0.3, -0.25) is 14.9 Å². The van der Waals surface area contributed by atoms with Gasteiger partial charge in [-0.2, -0.15) is 5.10 Å². The predicted molar refractivity (Wildman–Crippen MR) is 68.2 cm³/mol. The zero-order valence-electron chi connectivity index (χ0n) is 10.2. The summed E-state index contributed by atoms with van der Waals surface area (Å²) in [6.07, 6.45) is 1.37. The second kappa shape index (κ2) is 5.19. The van der Waals surface area contributed by atoms with Crippen molar-refractivity contribution in [3.8, 4) is 0 Å². The number of rotatable bonds is 4. The largest absolute Gasteiger partial charge is 0.295 e. The number of nitrogens with zero attached hydrogens (tertiary/aromatic N) is 4. The Morgan fingerprint density at radius 1 is 1.47 bits per heavy atom. The predicted octanol–water partition coefficient (Wildman–Crippen LogP) is 2.08. The number of ketones is 1. The number of hydrogen-bond acceptors (Lipinski definition) is 6. The van der Waals surface area contributed by atoms with Gasteiger partial charge in [-0.15, -0.1) is 0 Å². The Bertz CT molecular complexity index is 653. The fourth-order valence-electron chi connectivity index (χ4n) is 1.44. The molecule has 0 aliphatic rings. The Morgan fingerprint density at radius 2 is 2.21 bits per heavy atom. The number of benzene rings is 1. The summed E-state index contributed by atoms with van der Waals surface area (Å²) in [6, 6.07) is 4.39. The number of nitro groups is 1. The van der Waals surface area contributed by atoms with E-state index in [2.05, 4.69) is 10.1 Å². The van der Waals surface area contributed by atoms with Crippen molar-refractivity contribution in [3.63, 3.8) is 0 Å². The molecule has 0 bridgehead atoms. The van der Waals surface area contributed by atoms with Gasteiger partial charge >= 0.3 is 0 Å². The van der Waals surface area contributed by atoms with Crippen molar-refractivity contribution in [2.24, 2.45) is 7.05 Å². The summed E-state index contributed by atoms with van der Waals surface area (Å²) < 4.78 is 1.52. The maximum Gasteiger partial charge on any atom is 0.284 e. The third kappa shape index (κ3) is 2.79. The molecule has 0 unspecified atom stereocenters. The van der Waals surface area contributed by atoms with E-state index in [1.165, 1.54) is 24.0 Å². The fraction of sp³-hybridized carbons (Fsp3) is 0.182. The summed E-state index contributed by atoms with van der Waals surface area (Å²) in [7, 11) is 1.70. The average molecular weight is 278 g/mol. The van der Waals surface area contributed by atoms with Crippen LogP contribution in [0.1, 0.15) is 17.3 Å². The van der Waals surface area contributed by atoms with Gasteiger partial charge < -0.3 is 0 Å². The first-order valence-corrected chi connectivity index (χ1v) is 6.12. The first kappa shape index (κ1) is 13.2. The molecule has 0 radical (unpaired) electrons. The topological polar surface area (TPSA) is 90.9 Å². The number of aromatic nitrogens is 3. The maximum atomic E-state index is 11.2. The highest BCUT2D eigenvalue weighted by Crippen LogP contribution is 2.34. The van der Waals surface area contributed by atoms with Crippen LogP contribution in [0.5, 0.6) is 0 Å². The number of carbonyl (C=O) groups is 1. The molecule has 2 rings (SSSR count). The molecule has 98 valence electrons. The minimum absolute atomic E-state index is 0.110. The van der Waals surface area contributed by atoms with Crippen LogP contribution in [0.3, 0.4) is 0 Å². The highest BCUT2D eigenvalue weighted by atomic mass is 32.2. The Balaban J connectivity index is 2.43. The number of hydrogen-bond donors (Lipinski definition) is 0. The van der Waals surface area contributed by atoms with Crippen LogP contribution in [-0.4, -0.2) is 25.5 Å². The zero-order valence-corrected chi connectivity index (χ0v) is 11.0. The molecular weight excluding hydrogens is 268 g/mol. The van der Waals surface area contributed by atoms with E-state index in [0.29, 0.717) is 15.6 Å². The maximum absolute atomic E-state index is 11.2. The van der Waals surface area contributed by atoms with Crippen LogP contribution < -0.4 is 0 Å². The van der Waals surface area contributed by atoms with Crippen molar-refractivity contribution in [3.05, 3.63) is 40.2 Å². The molecule has 0 saturated carbocycles. The molecular formula is C11H10N4O3S. The molecule has 7 nitrogen and oxygen atoms in total. The lowest BCUT2D eigenvalue weighted by molar-refractivity contribution is -0.387. The van der Waals surface area contributed by atoms with E-state index >= 15 is 0 Å². The first-order valence-electron chi connectivity index (χ1n) is 5.30. The lowest BCUT2D eigenvalue weighted by atomic mass is 10.1. The molecule has 0 atom stereocenters. The SMILES string of the molecule is CC(=O)c1ccc(Sc2ncnn2C)c([N+](=O)[O-])c1. The van der Waals surface area contributed by atoms with Crippen LogP contribution in [0.25, 0.3) is 0 Å². The van der Waals surface area contributed by atoms with Crippen molar-refractivity contribution >= 4 is 23.2 Å². The van der Waals surface area contributed by atoms with Crippen molar-refractivity contribution < 1.29 is 9.72 Å². The van der Waals surface area contributed by atoms with Crippen LogP contribution in [0.4, 0.5) is 5.69 Å². The van der Waals surface area contributed by atoms with Crippen LogP contribution in [0.2, 0.25) is 0 Å². The summed E-state index contributed by atoms with van der Waals surface area (Å²) in [6.45, 7) is 1.37. The summed E-state index contributed by atoms with van der Waals surface area (Å²) >= 11 is 1.13. The molecule has 1 aromatic carbocycles. The number of carbonyl (C=O) groups excluding carboxylic acids is 1. The Hall–Kier alpha value is -2.22. The molecule has 0 aliphatic heterocycles. The summed E-state index contributed by atoms with van der Waals surface area (Å²) in [4.78, 5) is 26.2. The molecule has 0 fully saturated rings. The summed E-state index contributed by atoms with van der Waals surface area (Å²) in [5.74, 6) is -0.210. The first-order chi connectivity index (χ1) is 8.99. The molecule has 8 heteroatoms. The second-order valence-corrected chi connectivity index (χ2v) is 4.77. The van der Waals surface area contributed by atoms with E-state index < -0.39 is 4.92 Å². The van der Waals surface area contributed by atoms with Crippen molar-refractivity contribution in [2.75, 3.05) is 0 Å². The van der Waals surface area contributed by atoms with E-state index in [-0.39, 0.29) is 11.5 Å². The molecule has 0 spiro atoms. The highest BCUT2D eigenvalue weighted by Gasteiger charge is 2.18. The fourth-order valence-corrected chi connectivity index (χ4v) is 2.29. The number of Topliss-reactive ketones (excluding diaryl/α,β-unsaturated/α-hetero) is 1. The third-order valence-electron chi connectivity index (χ3n) is 2.43. The molecule has 1 aromatic heterocycles. The normalized spacial score (nSPS) is 10.4. The van der Waals surface area contributed by atoms with E-state index in [1.54, 1.807) is 19.2 Å². The summed E-state index contributed by atoms with van der Waals surface area (Å²) in [5, 5.41) is 15.5. The molecule has 2 aromatic rings. The Kier molecular flexibility index (Phi) is 3.61. The zero-order chi connectivity index (χ0) is 14.0.